The van der Waals surface area contributed by atoms with Crippen molar-refractivity contribution in [3.05, 3.63) is 0 Å². The van der Waals surface area contributed by atoms with Gasteiger partial charge in [0.1, 0.15) is 0 Å². The zero-order valence-electron chi connectivity index (χ0n) is 5.31. The van der Waals surface area contributed by atoms with Crippen LogP contribution >= 0.6 is 12.4 Å². The van der Waals surface area contributed by atoms with Gasteiger partial charge in [-0.05, 0) is 0 Å². The topological polar surface area (TPSA) is 32.3 Å². The maximum absolute atomic E-state index is 12.2. The number of nitrogens with one attached hydrogen (secondary N) is 1. The molecule has 0 bridgehead atoms. The molecule has 1 aliphatic heterocycles. The van der Waals surface area contributed by atoms with Crippen molar-refractivity contribution in [2.45, 2.75) is 18.4 Å². The Kier molecular flexibility index (Phi) is 3.48. The normalized spacial score (nSPS) is 30.9. The second-order valence-electron chi connectivity index (χ2n) is 2.34. The first-order valence-corrected chi connectivity index (χ1v) is 2.87. The molecule has 10 heavy (non-hydrogen) atoms. The van der Waals surface area contributed by atoms with E-state index < -0.39 is 18.4 Å². The smallest absolute Gasteiger partial charge is 0.262 e. The van der Waals surface area contributed by atoms with Crippen LogP contribution in [-0.2, 0) is 0 Å². The lowest BCUT2D eigenvalue weighted by atomic mass is 10.1. The van der Waals surface area contributed by atoms with Gasteiger partial charge in [-0.2, -0.15) is 0 Å². The third-order valence-corrected chi connectivity index (χ3v) is 1.30. The Labute approximate surface area is 64.0 Å². The highest BCUT2D eigenvalue weighted by atomic mass is 35.5. The molecule has 0 aromatic heterocycles. The van der Waals surface area contributed by atoms with Crippen LogP contribution in [0.4, 0.5) is 8.78 Å². The number of piperidine rings is 1. The lowest BCUT2D eigenvalue weighted by molar-refractivity contribution is -0.0630. The minimum absolute atomic E-state index is 0. The van der Waals surface area contributed by atoms with Gasteiger partial charge in [-0.1, -0.05) is 0 Å². The SMILES string of the molecule is Cl.O[C@@H]1CNCC(F)(F)C1. The monoisotopic (exact) mass is 173 g/mol. The van der Waals surface area contributed by atoms with Crippen LogP contribution in [0.2, 0.25) is 0 Å². The number of hydrogen-bond acceptors (Lipinski definition) is 2. The average molecular weight is 174 g/mol. The summed E-state index contributed by atoms with van der Waals surface area (Å²) < 4.78 is 24.5. The van der Waals surface area contributed by atoms with Crippen molar-refractivity contribution in [3.63, 3.8) is 0 Å². The summed E-state index contributed by atoms with van der Waals surface area (Å²) in [6.45, 7) is -0.0142. The lowest BCUT2D eigenvalue weighted by Gasteiger charge is -2.26. The molecule has 0 aromatic rings. The summed E-state index contributed by atoms with van der Waals surface area (Å²) in [6, 6.07) is 0. The second kappa shape index (κ2) is 3.46. The molecule has 2 nitrogen and oxygen atoms in total. The van der Waals surface area contributed by atoms with Crippen LogP contribution in [0, 0.1) is 0 Å². The second-order valence-corrected chi connectivity index (χ2v) is 2.34. The van der Waals surface area contributed by atoms with Crippen molar-refractivity contribution in [2.24, 2.45) is 0 Å². The first-order valence-electron chi connectivity index (χ1n) is 2.87. The minimum atomic E-state index is -2.71. The van der Waals surface area contributed by atoms with Crippen LogP contribution in [0.15, 0.2) is 0 Å². The number of aliphatic hydroxyl groups is 1. The molecule has 1 rings (SSSR count). The fourth-order valence-corrected chi connectivity index (χ4v) is 0.911. The number of aliphatic hydroxyl groups excluding tert-OH is 1. The summed E-state index contributed by atoms with van der Waals surface area (Å²) in [5.74, 6) is -2.71. The third kappa shape index (κ3) is 2.77. The van der Waals surface area contributed by atoms with E-state index in [4.69, 9.17) is 5.11 Å². The predicted octanol–water partition coefficient (Wildman–Crippen LogP) is 0.398. The molecule has 0 saturated carbocycles. The van der Waals surface area contributed by atoms with E-state index in [-0.39, 0.29) is 25.5 Å². The first kappa shape index (κ1) is 10.1. The molecule has 0 amide bonds. The van der Waals surface area contributed by atoms with E-state index in [9.17, 15) is 8.78 Å². The molecule has 1 aliphatic rings. The molecule has 0 spiro atoms. The summed E-state index contributed by atoms with van der Waals surface area (Å²) >= 11 is 0. The third-order valence-electron chi connectivity index (χ3n) is 1.30. The molecule has 2 N–H and O–H groups in total. The van der Waals surface area contributed by atoms with E-state index in [0.29, 0.717) is 0 Å². The molecule has 1 saturated heterocycles. The Morgan fingerprint density at radius 3 is 2.40 bits per heavy atom. The van der Waals surface area contributed by atoms with Gasteiger partial charge in [0, 0.05) is 13.0 Å². The molecule has 1 heterocycles. The van der Waals surface area contributed by atoms with Gasteiger partial charge in [0.25, 0.3) is 5.92 Å². The van der Waals surface area contributed by atoms with Crippen LogP contribution in [0.1, 0.15) is 6.42 Å². The zero-order valence-corrected chi connectivity index (χ0v) is 6.13. The molecule has 0 aromatic carbocycles. The highest BCUT2D eigenvalue weighted by Crippen LogP contribution is 2.21. The molecule has 0 aliphatic carbocycles. The Balaban J connectivity index is 0.000000810. The maximum atomic E-state index is 12.2. The van der Waals surface area contributed by atoms with E-state index in [2.05, 4.69) is 5.32 Å². The van der Waals surface area contributed by atoms with E-state index in [1.807, 2.05) is 0 Å². The minimum Gasteiger partial charge on any atom is -0.392 e. The van der Waals surface area contributed by atoms with Crippen molar-refractivity contribution in [3.8, 4) is 0 Å². The van der Waals surface area contributed by atoms with Crippen molar-refractivity contribution in [1.82, 2.24) is 5.32 Å². The van der Waals surface area contributed by atoms with Gasteiger partial charge in [-0.3, -0.25) is 0 Å². The summed E-state index contributed by atoms with van der Waals surface area (Å²) in [6.07, 6.45) is -1.28. The fraction of sp³-hybridized carbons (Fsp3) is 1.00. The number of halogens is 3. The van der Waals surface area contributed by atoms with Crippen molar-refractivity contribution in [2.75, 3.05) is 13.1 Å². The maximum Gasteiger partial charge on any atom is 0.262 e. The molecule has 0 unspecified atom stereocenters. The van der Waals surface area contributed by atoms with Gasteiger partial charge in [0.05, 0.1) is 12.6 Å². The largest absolute Gasteiger partial charge is 0.392 e. The van der Waals surface area contributed by atoms with E-state index in [1.54, 1.807) is 0 Å². The Bertz CT molecular complexity index is 112. The number of β-amino-alcohol motifs (C(OH)–C–C–N with tert-alkyl or cyclic N) is 1. The van der Waals surface area contributed by atoms with E-state index in [1.165, 1.54) is 0 Å². The molecule has 1 fully saturated rings. The summed E-state index contributed by atoms with van der Waals surface area (Å²) in [5, 5.41) is 11.1. The highest BCUT2D eigenvalue weighted by molar-refractivity contribution is 5.85. The number of hydrogen-bond donors (Lipinski definition) is 2. The summed E-state index contributed by atoms with van der Waals surface area (Å²) in [7, 11) is 0. The first-order chi connectivity index (χ1) is 4.10. The van der Waals surface area contributed by atoms with Gasteiger partial charge < -0.3 is 10.4 Å². The van der Waals surface area contributed by atoms with Crippen LogP contribution in [0.25, 0.3) is 0 Å². The molecule has 5 heteroatoms. The van der Waals surface area contributed by atoms with Gasteiger partial charge >= 0.3 is 0 Å². The Hall–Kier alpha value is 0.0700. The Morgan fingerprint density at radius 2 is 2.10 bits per heavy atom. The van der Waals surface area contributed by atoms with Crippen LogP contribution < -0.4 is 5.32 Å². The summed E-state index contributed by atoms with van der Waals surface area (Å²) in [5.41, 5.74) is 0. The number of rotatable bonds is 0. The van der Waals surface area contributed by atoms with Gasteiger partial charge in [-0.15, -0.1) is 12.4 Å². The van der Waals surface area contributed by atoms with Crippen molar-refractivity contribution < 1.29 is 13.9 Å². The summed E-state index contributed by atoms with van der Waals surface area (Å²) in [4.78, 5) is 0. The molecular weight excluding hydrogens is 164 g/mol. The molecule has 0 radical (unpaired) electrons. The van der Waals surface area contributed by atoms with Gasteiger partial charge in [-0.25, -0.2) is 8.78 Å². The standard InChI is InChI=1S/C5H9F2NO.ClH/c6-5(7)1-4(9)2-8-3-5;/h4,8-9H,1-3H2;1H/t4-;/m0./s1. The highest BCUT2D eigenvalue weighted by Gasteiger charge is 2.35. The predicted molar refractivity (Wildman–Crippen MR) is 35.7 cm³/mol. The van der Waals surface area contributed by atoms with Crippen molar-refractivity contribution >= 4 is 12.4 Å². The van der Waals surface area contributed by atoms with Crippen LogP contribution in [0.5, 0.6) is 0 Å². The van der Waals surface area contributed by atoms with Crippen molar-refractivity contribution in [1.29, 1.82) is 0 Å². The average Bonchev–Trinajstić information content (AvgIpc) is 1.60. The van der Waals surface area contributed by atoms with Crippen LogP contribution in [-0.4, -0.2) is 30.2 Å². The molecular formula is C5H10ClF2NO. The zero-order chi connectivity index (χ0) is 6.91. The molecule has 62 valence electrons. The van der Waals surface area contributed by atoms with E-state index >= 15 is 0 Å². The van der Waals surface area contributed by atoms with E-state index in [0.717, 1.165) is 0 Å². The Morgan fingerprint density at radius 1 is 1.50 bits per heavy atom. The van der Waals surface area contributed by atoms with Crippen LogP contribution in [0.3, 0.4) is 0 Å². The lowest BCUT2D eigenvalue weighted by Crippen LogP contribution is -2.46. The number of alkyl halides is 2. The van der Waals surface area contributed by atoms with Gasteiger partial charge in [0.2, 0.25) is 0 Å². The fourth-order valence-electron chi connectivity index (χ4n) is 0.911. The van der Waals surface area contributed by atoms with Gasteiger partial charge in [0.15, 0.2) is 0 Å². The quantitative estimate of drug-likeness (QED) is 0.556. The molecule has 1 atom stereocenters.